The van der Waals surface area contributed by atoms with Gasteiger partial charge in [-0.25, -0.2) is 4.79 Å². The molecule has 0 radical (unpaired) electrons. The molecule has 0 aliphatic carbocycles. The van der Waals surface area contributed by atoms with Gasteiger partial charge in [0.15, 0.2) is 6.73 Å². The summed E-state index contributed by atoms with van der Waals surface area (Å²) in [6.45, 7) is 4.64. The number of phenolic OH excluding ortho intramolecular Hbond substituents is 1. The Balaban J connectivity index is 1.67. The van der Waals surface area contributed by atoms with Crippen LogP contribution < -0.4 is 15.4 Å². The first-order valence-electron chi connectivity index (χ1n) is 7.55. The third-order valence-electron chi connectivity index (χ3n) is 3.65. The first kappa shape index (κ1) is 16.7. The van der Waals surface area contributed by atoms with Crippen molar-refractivity contribution in [2.24, 2.45) is 0 Å². The Morgan fingerprint density at radius 1 is 1.09 bits per heavy atom. The SMILES string of the molecule is Cc1cccc(OCNC(=O)NCCc2ccc(O)cc2)c1C. The highest BCUT2D eigenvalue weighted by Crippen LogP contribution is 2.19. The molecule has 2 rings (SSSR count). The fourth-order valence-electron chi connectivity index (χ4n) is 2.11. The van der Waals surface area contributed by atoms with Gasteiger partial charge in [0.25, 0.3) is 0 Å². The van der Waals surface area contributed by atoms with Gasteiger partial charge in [-0.05, 0) is 55.2 Å². The second-order valence-electron chi connectivity index (χ2n) is 5.34. The summed E-state index contributed by atoms with van der Waals surface area (Å²) in [5.41, 5.74) is 3.28. The van der Waals surface area contributed by atoms with E-state index in [9.17, 15) is 9.90 Å². The molecule has 0 atom stereocenters. The molecule has 5 heteroatoms. The van der Waals surface area contributed by atoms with Crippen molar-refractivity contribution in [1.82, 2.24) is 10.6 Å². The Morgan fingerprint density at radius 2 is 1.83 bits per heavy atom. The summed E-state index contributed by atoms with van der Waals surface area (Å²) in [7, 11) is 0. The highest BCUT2D eigenvalue weighted by Gasteiger charge is 2.03. The van der Waals surface area contributed by atoms with Crippen molar-refractivity contribution in [1.29, 1.82) is 0 Å². The summed E-state index contributed by atoms with van der Waals surface area (Å²) in [5, 5.41) is 14.6. The second kappa shape index (κ2) is 8.08. The number of hydrogen-bond acceptors (Lipinski definition) is 3. The van der Waals surface area contributed by atoms with E-state index in [0.717, 1.165) is 22.4 Å². The van der Waals surface area contributed by atoms with E-state index in [1.54, 1.807) is 12.1 Å². The van der Waals surface area contributed by atoms with Crippen LogP contribution in [0.5, 0.6) is 11.5 Å². The molecule has 5 nitrogen and oxygen atoms in total. The minimum atomic E-state index is -0.269. The normalized spacial score (nSPS) is 10.2. The van der Waals surface area contributed by atoms with Gasteiger partial charge in [0.05, 0.1) is 0 Å². The maximum Gasteiger partial charge on any atom is 0.317 e. The van der Waals surface area contributed by atoms with E-state index in [4.69, 9.17) is 4.74 Å². The molecule has 0 spiro atoms. The molecular weight excluding hydrogens is 292 g/mol. The molecule has 0 bridgehead atoms. The van der Waals surface area contributed by atoms with Crippen molar-refractivity contribution in [3.05, 3.63) is 59.2 Å². The molecule has 23 heavy (non-hydrogen) atoms. The van der Waals surface area contributed by atoms with Gasteiger partial charge in [0.1, 0.15) is 11.5 Å². The van der Waals surface area contributed by atoms with E-state index in [1.807, 2.05) is 44.2 Å². The zero-order valence-electron chi connectivity index (χ0n) is 13.4. The number of amides is 2. The third-order valence-corrected chi connectivity index (χ3v) is 3.65. The van der Waals surface area contributed by atoms with Crippen LogP contribution >= 0.6 is 0 Å². The van der Waals surface area contributed by atoms with Crippen molar-refractivity contribution in [3.63, 3.8) is 0 Å². The molecular formula is C18H22N2O3. The van der Waals surface area contributed by atoms with Gasteiger partial charge in [0, 0.05) is 6.54 Å². The number of nitrogens with one attached hydrogen (secondary N) is 2. The lowest BCUT2D eigenvalue weighted by Gasteiger charge is -2.12. The van der Waals surface area contributed by atoms with Crippen LogP contribution in [-0.2, 0) is 6.42 Å². The Kier molecular flexibility index (Phi) is 5.86. The van der Waals surface area contributed by atoms with E-state index in [2.05, 4.69) is 10.6 Å². The van der Waals surface area contributed by atoms with Crippen LogP contribution in [0, 0.1) is 13.8 Å². The van der Waals surface area contributed by atoms with Gasteiger partial charge < -0.3 is 20.5 Å². The minimum Gasteiger partial charge on any atom is -0.508 e. The number of ether oxygens (including phenoxy) is 1. The lowest BCUT2D eigenvalue weighted by atomic mass is 10.1. The summed E-state index contributed by atoms with van der Waals surface area (Å²) in [4.78, 5) is 11.7. The van der Waals surface area contributed by atoms with E-state index >= 15 is 0 Å². The Hall–Kier alpha value is -2.69. The number of urea groups is 1. The van der Waals surface area contributed by atoms with E-state index in [1.165, 1.54) is 0 Å². The van der Waals surface area contributed by atoms with Gasteiger partial charge in [-0.3, -0.25) is 0 Å². The van der Waals surface area contributed by atoms with E-state index in [-0.39, 0.29) is 18.5 Å². The number of hydrogen-bond donors (Lipinski definition) is 3. The molecule has 0 unspecified atom stereocenters. The van der Waals surface area contributed by atoms with Crippen LogP contribution in [0.25, 0.3) is 0 Å². The fourth-order valence-corrected chi connectivity index (χ4v) is 2.11. The zero-order valence-corrected chi connectivity index (χ0v) is 13.4. The fraction of sp³-hybridized carbons (Fsp3) is 0.278. The Morgan fingerprint density at radius 3 is 2.57 bits per heavy atom. The lowest BCUT2D eigenvalue weighted by Crippen LogP contribution is -2.38. The summed E-state index contributed by atoms with van der Waals surface area (Å²) < 4.78 is 5.57. The quantitative estimate of drug-likeness (QED) is 0.718. The van der Waals surface area contributed by atoms with E-state index in [0.29, 0.717) is 13.0 Å². The number of benzene rings is 2. The molecule has 0 aliphatic rings. The molecule has 0 saturated heterocycles. The predicted molar refractivity (Wildman–Crippen MR) is 89.8 cm³/mol. The maximum absolute atomic E-state index is 11.7. The first-order chi connectivity index (χ1) is 11.1. The lowest BCUT2D eigenvalue weighted by molar-refractivity contribution is 0.224. The molecule has 0 heterocycles. The predicted octanol–water partition coefficient (Wildman–Crippen LogP) is 2.89. The van der Waals surface area contributed by atoms with Crippen molar-refractivity contribution in [3.8, 4) is 11.5 Å². The minimum absolute atomic E-state index is 0.120. The molecule has 122 valence electrons. The largest absolute Gasteiger partial charge is 0.508 e. The van der Waals surface area contributed by atoms with Crippen LogP contribution in [0.2, 0.25) is 0 Å². The average molecular weight is 314 g/mol. The summed E-state index contributed by atoms with van der Waals surface area (Å²) in [6, 6.07) is 12.5. The molecule has 2 amide bonds. The van der Waals surface area contributed by atoms with Crippen LogP contribution in [0.4, 0.5) is 4.79 Å². The standard InChI is InChI=1S/C18H22N2O3/c1-13-4-3-5-17(14(13)2)23-12-20-18(22)19-11-10-15-6-8-16(21)9-7-15/h3-9,21H,10-12H2,1-2H3,(H2,19,20,22). The second-order valence-corrected chi connectivity index (χ2v) is 5.34. The molecule has 0 saturated carbocycles. The third kappa shape index (κ3) is 5.21. The maximum atomic E-state index is 11.7. The van der Waals surface area contributed by atoms with Crippen molar-refractivity contribution in [2.75, 3.05) is 13.3 Å². The molecule has 0 fully saturated rings. The average Bonchev–Trinajstić information content (AvgIpc) is 2.53. The van der Waals surface area contributed by atoms with Crippen LogP contribution in [0.1, 0.15) is 16.7 Å². The van der Waals surface area contributed by atoms with Gasteiger partial charge >= 0.3 is 6.03 Å². The monoisotopic (exact) mass is 314 g/mol. The number of aryl methyl sites for hydroxylation is 1. The number of carbonyl (C=O) groups is 1. The van der Waals surface area contributed by atoms with Crippen molar-refractivity contribution in [2.45, 2.75) is 20.3 Å². The van der Waals surface area contributed by atoms with Crippen molar-refractivity contribution < 1.29 is 14.6 Å². The van der Waals surface area contributed by atoms with Crippen LogP contribution in [0.3, 0.4) is 0 Å². The van der Waals surface area contributed by atoms with E-state index < -0.39 is 0 Å². The number of phenols is 1. The van der Waals surface area contributed by atoms with Gasteiger partial charge in [-0.15, -0.1) is 0 Å². The topological polar surface area (TPSA) is 70.6 Å². The van der Waals surface area contributed by atoms with Crippen LogP contribution in [0.15, 0.2) is 42.5 Å². The summed E-state index contributed by atoms with van der Waals surface area (Å²) in [5.74, 6) is 1.01. The Labute approximate surface area is 136 Å². The van der Waals surface area contributed by atoms with Crippen LogP contribution in [-0.4, -0.2) is 24.4 Å². The summed E-state index contributed by atoms with van der Waals surface area (Å²) >= 11 is 0. The molecule has 3 N–H and O–H groups in total. The number of rotatable bonds is 6. The highest BCUT2D eigenvalue weighted by molar-refractivity contribution is 5.73. The zero-order chi connectivity index (χ0) is 16.7. The van der Waals surface area contributed by atoms with Gasteiger partial charge in [0.2, 0.25) is 0 Å². The first-order valence-corrected chi connectivity index (χ1v) is 7.55. The molecule has 2 aromatic carbocycles. The highest BCUT2D eigenvalue weighted by atomic mass is 16.5. The van der Waals surface area contributed by atoms with Gasteiger partial charge in [-0.2, -0.15) is 0 Å². The Bertz CT molecular complexity index is 654. The molecule has 0 aliphatic heterocycles. The molecule has 2 aromatic rings. The summed E-state index contributed by atoms with van der Waals surface area (Å²) in [6.07, 6.45) is 0.700. The molecule has 0 aromatic heterocycles. The van der Waals surface area contributed by atoms with Gasteiger partial charge in [-0.1, -0.05) is 24.3 Å². The number of aromatic hydroxyl groups is 1. The van der Waals surface area contributed by atoms with Crippen molar-refractivity contribution >= 4 is 6.03 Å². The smallest absolute Gasteiger partial charge is 0.317 e. The number of carbonyl (C=O) groups excluding carboxylic acids is 1.